The largest absolute Gasteiger partial charge is 0.436 e. The van der Waals surface area contributed by atoms with E-state index in [-0.39, 0.29) is 30.2 Å². The van der Waals surface area contributed by atoms with Gasteiger partial charge in [-0.25, -0.2) is 9.37 Å². The molecule has 0 bridgehead atoms. The number of hydrogen-bond donors (Lipinski definition) is 2. The number of nitrogens with zero attached hydrogens (tertiary/aromatic N) is 1. The second-order valence-electron chi connectivity index (χ2n) is 6.19. The molecule has 8 heteroatoms. The van der Waals surface area contributed by atoms with Crippen LogP contribution in [0.2, 0.25) is 0 Å². The van der Waals surface area contributed by atoms with Crippen molar-refractivity contribution in [2.24, 2.45) is 0 Å². The second-order valence-corrected chi connectivity index (χ2v) is 6.19. The van der Waals surface area contributed by atoms with Crippen LogP contribution >= 0.6 is 12.4 Å². The minimum atomic E-state index is -0.312. The summed E-state index contributed by atoms with van der Waals surface area (Å²) in [7, 11) is 0. The molecular weight excluding hydrogens is 373 g/mol. The van der Waals surface area contributed by atoms with E-state index in [9.17, 15) is 9.18 Å². The van der Waals surface area contributed by atoms with E-state index in [2.05, 4.69) is 15.6 Å². The first-order valence-electron chi connectivity index (χ1n) is 8.45. The third-order valence-corrected chi connectivity index (χ3v) is 4.19. The number of oxazole rings is 1. The Morgan fingerprint density at radius 1 is 1.26 bits per heavy atom. The van der Waals surface area contributed by atoms with Crippen LogP contribution in [0.15, 0.2) is 46.9 Å². The van der Waals surface area contributed by atoms with E-state index in [1.165, 1.54) is 12.1 Å². The number of morpholine rings is 1. The topological polar surface area (TPSA) is 76.4 Å². The van der Waals surface area contributed by atoms with Gasteiger partial charge in [-0.2, -0.15) is 0 Å². The quantitative estimate of drug-likeness (QED) is 0.713. The van der Waals surface area contributed by atoms with Crippen LogP contribution in [0.25, 0.3) is 22.6 Å². The molecule has 2 heterocycles. The average molecular weight is 392 g/mol. The van der Waals surface area contributed by atoms with Crippen molar-refractivity contribution >= 4 is 35.1 Å². The van der Waals surface area contributed by atoms with Gasteiger partial charge in [-0.05, 0) is 36.4 Å². The van der Waals surface area contributed by atoms with Crippen molar-refractivity contribution in [3.8, 4) is 11.5 Å². The monoisotopic (exact) mass is 391 g/mol. The molecule has 1 aromatic heterocycles. The molecule has 1 aliphatic rings. The number of benzene rings is 2. The molecule has 0 saturated carbocycles. The maximum Gasteiger partial charge on any atom is 0.227 e. The number of anilines is 1. The lowest BCUT2D eigenvalue weighted by Gasteiger charge is -2.23. The number of ether oxygens (including phenoxy) is 1. The molecule has 0 spiro atoms. The van der Waals surface area contributed by atoms with E-state index >= 15 is 0 Å². The first-order valence-corrected chi connectivity index (χ1v) is 8.45. The van der Waals surface area contributed by atoms with E-state index in [1.54, 1.807) is 30.3 Å². The molecule has 27 heavy (non-hydrogen) atoms. The highest BCUT2D eigenvalue weighted by Crippen LogP contribution is 2.26. The van der Waals surface area contributed by atoms with Crippen molar-refractivity contribution in [1.29, 1.82) is 0 Å². The van der Waals surface area contributed by atoms with Crippen molar-refractivity contribution in [2.75, 3.05) is 25.1 Å². The summed E-state index contributed by atoms with van der Waals surface area (Å²) in [4.78, 5) is 16.6. The average Bonchev–Trinajstić information content (AvgIpc) is 3.06. The van der Waals surface area contributed by atoms with Gasteiger partial charge in [0.25, 0.3) is 0 Å². The number of carbonyl (C=O) groups is 1. The van der Waals surface area contributed by atoms with Gasteiger partial charge < -0.3 is 19.8 Å². The molecule has 6 nitrogen and oxygen atoms in total. The van der Waals surface area contributed by atoms with Crippen LogP contribution in [-0.4, -0.2) is 36.7 Å². The van der Waals surface area contributed by atoms with E-state index in [0.29, 0.717) is 47.9 Å². The zero-order chi connectivity index (χ0) is 17.9. The van der Waals surface area contributed by atoms with Gasteiger partial charge >= 0.3 is 0 Å². The summed E-state index contributed by atoms with van der Waals surface area (Å²) >= 11 is 0. The molecule has 2 aromatic carbocycles. The summed E-state index contributed by atoms with van der Waals surface area (Å²) in [6.45, 7) is 1.97. The SMILES string of the molecule is Cl.O=C(CC1COCCN1)Nc1ccc2nc(-c3ccc(F)cc3)oc2c1. The molecule has 0 aliphatic carbocycles. The molecular formula is C19H19ClFN3O3. The Labute approximate surface area is 161 Å². The molecule has 1 fully saturated rings. The van der Waals surface area contributed by atoms with Crippen LogP contribution < -0.4 is 10.6 Å². The predicted octanol–water partition coefficient (Wildman–Crippen LogP) is 3.37. The van der Waals surface area contributed by atoms with E-state index in [1.807, 2.05) is 0 Å². The number of rotatable bonds is 4. The fourth-order valence-corrected chi connectivity index (χ4v) is 2.90. The minimum Gasteiger partial charge on any atom is -0.436 e. The molecule has 142 valence electrons. The Balaban J connectivity index is 0.00000210. The number of aromatic nitrogens is 1. The summed E-state index contributed by atoms with van der Waals surface area (Å²) < 4.78 is 24.1. The first-order chi connectivity index (χ1) is 12.7. The lowest BCUT2D eigenvalue weighted by Crippen LogP contribution is -2.43. The molecule has 1 unspecified atom stereocenters. The highest BCUT2D eigenvalue weighted by Gasteiger charge is 2.17. The lowest BCUT2D eigenvalue weighted by molar-refractivity contribution is -0.117. The Morgan fingerprint density at radius 3 is 2.81 bits per heavy atom. The van der Waals surface area contributed by atoms with Gasteiger partial charge in [-0.15, -0.1) is 12.4 Å². The van der Waals surface area contributed by atoms with Crippen molar-refractivity contribution in [3.63, 3.8) is 0 Å². The minimum absolute atomic E-state index is 0. The summed E-state index contributed by atoms with van der Waals surface area (Å²) in [6, 6.07) is 11.3. The van der Waals surface area contributed by atoms with Gasteiger partial charge in [0.1, 0.15) is 11.3 Å². The summed E-state index contributed by atoms with van der Waals surface area (Å²) in [6.07, 6.45) is 0.343. The third-order valence-electron chi connectivity index (χ3n) is 4.19. The number of amides is 1. The molecule has 0 radical (unpaired) electrons. The Morgan fingerprint density at radius 2 is 2.07 bits per heavy atom. The number of nitrogens with one attached hydrogen (secondary N) is 2. The molecule has 1 saturated heterocycles. The van der Waals surface area contributed by atoms with Crippen molar-refractivity contribution in [3.05, 3.63) is 48.3 Å². The molecule has 2 N–H and O–H groups in total. The number of carbonyl (C=O) groups excluding carboxylic acids is 1. The first kappa shape index (κ1) is 19.3. The van der Waals surface area contributed by atoms with Gasteiger partial charge in [0.05, 0.1) is 13.2 Å². The summed E-state index contributed by atoms with van der Waals surface area (Å²) in [5.41, 5.74) is 2.56. The highest BCUT2D eigenvalue weighted by molar-refractivity contribution is 5.93. The maximum absolute atomic E-state index is 13.0. The van der Waals surface area contributed by atoms with Crippen LogP contribution in [0, 0.1) is 5.82 Å². The van der Waals surface area contributed by atoms with Gasteiger partial charge in [-0.3, -0.25) is 4.79 Å². The number of fused-ring (bicyclic) bond motifs is 1. The van der Waals surface area contributed by atoms with Crippen LogP contribution in [0.1, 0.15) is 6.42 Å². The zero-order valence-corrected chi connectivity index (χ0v) is 15.2. The highest BCUT2D eigenvalue weighted by atomic mass is 35.5. The van der Waals surface area contributed by atoms with Gasteiger partial charge in [0.15, 0.2) is 5.58 Å². The summed E-state index contributed by atoms with van der Waals surface area (Å²) in [5, 5.41) is 6.12. The predicted molar refractivity (Wildman–Crippen MR) is 103 cm³/mol. The lowest BCUT2D eigenvalue weighted by atomic mass is 10.2. The van der Waals surface area contributed by atoms with Crippen LogP contribution in [-0.2, 0) is 9.53 Å². The molecule has 1 aliphatic heterocycles. The number of hydrogen-bond acceptors (Lipinski definition) is 5. The summed E-state index contributed by atoms with van der Waals surface area (Å²) in [5.74, 6) is 0.00497. The number of halogens is 2. The fourth-order valence-electron chi connectivity index (χ4n) is 2.90. The van der Waals surface area contributed by atoms with Crippen LogP contribution in [0.5, 0.6) is 0 Å². The third kappa shape index (κ3) is 4.63. The van der Waals surface area contributed by atoms with Gasteiger partial charge in [0, 0.05) is 36.3 Å². The van der Waals surface area contributed by atoms with E-state index in [4.69, 9.17) is 9.15 Å². The molecule has 1 amide bonds. The second kappa shape index (κ2) is 8.47. The Hall–Kier alpha value is -2.48. The van der Waals surface area contributed by atoms with Crippen molar-refractivity contribution in [1.82, 2.24) is 10.3 Å². The van der Waals surface area contributed by atoms with E-state index < -0.39 is 0 Å². The van der Waals surface area contributed by atoms with E-state index in [0.717, 1.165) is 6.54 Å². The van der Waals surface area contributed by atoms with Gasteiger partial charge in [0.2, 0.25) is 11.8 Å². The molecule has 1 atom stereocenters. The zero-order valence-electron chi connectivity index (χ0n) is 14.4. The van der Waals surface area contributed by atoms with Crippen LogP contribution in [0.4, 0.5) is 10.1 Å². The maximum atomic E-state index is 13.0. The fraction of sp³-hybridized carbons (Fsp3) is 0.263. The normalized spacial score (nSPS) is 16.7. The van der Waals surface area contributed by atoms with Gasteiger partial charge in [-0.1, -0.05) is 0 Å². The standard InChI is InChI=1S/C19H18FN3O3.ClH/c20-13-3-1-12(2-4-13)19-23-16-6-5-14(9-17(16)26-19)22-18(24)10-15-11-25-8-7-21-15;/h1-6,9,15,21H,7-8,10-11H2,(H,22,24);1H. The molecule has 4 rings (SSSR count). The molecule has 3 aromatic rings. The van der Waals surface area contributed by atoms with Crippen LogP contribution in [0.3, 0.4) is 0 Å². The van der Waals surface area contributed by atoms with Crippen molar-refractivity contribution < 1.29 is 18.3 Å². The smallest absolute Gasteiger partial charge is 0.227 e. The van der Waals surface area contributed by atoms with Crippen molar-refractivity contribution in [2.45, 2.75) is 12.5 Å². The Kier molecular flexibility index (Phi) is 6.05. The Bertz CT molecular complexity index is 924.